The van der Waals surface area contributed by atoms with Crippen LogP contribution in [0, 0.1) is 11.8 Å². The largest absolute Gasteiger partial charge is 0.446 e. The number of fused-ring (bicyclic) bond motifs is 1. The maximum Gasteiger partial charge on any atom is 0.446 e. The average Bonchev–Trinajstić information content (AvgIpc) is 3.48. The molecule has 3 aliphatic heterocycles. The number of amides is 1. The van der Waals surface area contributed by atoms with E-state index in [1.54, 1.807) is 12.1 Å². The van der Waals surface area contributed by atoms with Crippen LogP contribution in [0.4, 0.5) is 24.5 Å². The van der Waals surface area contributed by atoms with Crippen molar-refractivity contribution in [1.29, 1.82) is 0 Å². The van der Waals surface area contributed by atoms with E-state index in [1.165, 1.54) is 23.4 Å². The minimum atomic E-state index is -4.27. The van der Waals surface area contributed by atoms with E-state index in [-0.39, 0.29) is 41.4 Å². The van der Waals surface area contributed by atoms with Crippen molar-refractivity contribution in [2.75, 3.05) is 56.0 Å². The lowest BCUT2D eigenvalue weighted by molar-refractivity contribution is -0.132. The molecule has 5 rings (SSSR count). The van der Waals surface area contributed by atoms with Gasteiger partial charge in [0.15, 0.2) is 0 Å². The van der Waals surface area contributed by atoms with Crippen molar-refractivity contribution in [3.05, 3.63) is 54.1 Å². The summed E-state index contributed by atoms with van der Waals surface area (Å²) in [7, 11) is 0. The highest BCUT2D eigenvalue weighted by molar-refractivity contribution is 8.00. The van der Waals surface area contributed by atoms with Gasteiger partial charge in [0.2, 0.25) is 5.91 Å². The first-order valence-corrected chi connectivity index (χ1v) is 15.7. The van der Waals surface area contributed by atoms with Crippen LogP contribution in [0.3, 0.4) is 0 Å². The summed E-state index contributed by atoms with van der Waals surface area (Å²) in [5.74, 6) is 1.65. The van der Waals surface area contributed by atoms with E-state index in [1.807, 2.05) is 4.90 Å². The minimum absolute atomic E-state index is 0. The molecule has 0 radical (unpaired) electrons. The van der Waals surface area contributed by atoms with Crippen molar-refractivity contribution in [3.63, 3.8) is 0 Å². The number of hydrogen-bond acceptors (Lipinski definition) is 5. The Hall–Kier alpha value is -2.39. The first-order chi connectivity index (χ1) is 19.4. The van der Waals surface area contributed by atoms with E-state index < -0.39 is 5.51 Å². The number of benzene rings is 2. The fraction of sp³-hybridized carbons (Fsp3) is 0.606. The van der Waals surface area contributed by atoms with Crippen molar-refractivity contribution in [2.24, 2.45) is 11.8 Å². The van der Waals surface area contributed by atoms with Crippen molar-refractivity contribution in [1.82, 2.24) is 9.80 Å². The van der Waals surface area contributed by atoms with Gasteiger partial charge in [0.1, 0.15) is 0 Å². The first-order valence-electron chi connectivity index (χ1n) is 14.9. The third-order valence-electron chi connectivity index (χ3n) is 8.83. The molecule has 1 N–H and O–H groups in total. The van der Waals surface area contributed by atoms with Crippen molar-refractivity contribution in [2.45, 2.75) is 75.7 Å². The van der Waals surface area contributed by atoms with Crippen molar-refractivity contribution < 1.29 is 18.0 Å². The van der Waals surface area contributed by atoms with E-state index in [4.69, 9.17) is 0 Å². The van der Waals surface area contributed by atoms with Crippen LogP contribution in [-0.4, -0.2) is 73.1 Å². The van der Waals surface area contributed by atoms with Crippen LogP contribution in [0.5, 0.6) is 0 Å². The number of carbonyl (C=O) groups is 1. The van der Waals surface area contributed by atoms with Crippen LogP contribution in [0.15, 0.2) is 53.4 Å². The molecule has 0 spiro atoms. The van der Waals surface area contributed by atoms with E-state index >= 15 is 0 Å². The van der Waals surface area contributed by atoms with Gasteiger partial charge in [-0.3, -0.25) is 4.79 Å². The zero-order valence-corrected chi connectivity index (χ0v) is 25.2. The molecule has 2 unspecified atom stereocenters. The zero-order valence-electron chi connectivity index (χ0n) is 24.4. The Balaban J connectivity index is 0.00000405. The summed E-state index contributed by atoms with van der Waals surface area (Å²) in [6, 6.07) is 15.7. The number of halogens is 3. The summed E-state index contributed by atoms with van der Waals surface area (Å²) in [6.07, 6.45) is 3.18. The van der Waals surface area contributed by atoms with Crippen LogP contribution in [-0.2, 0) is 10.2 Å². The Kier molecular flexibility index (Phi) is 10.5. The molecule has 232 valence electrons. The molecule has 3 heterocycles. The van der Waals surface area contributed by atoms with E-state index in [2.05, 4.69) is 60.2 Å². The lowest BCUT2D eigenvalue weighted by atomic mass is 9.87. The lowest BCUT2D eigenvalue weighted by Gasteiger charge is -2.33. The lowest BCUT2D eigenvalue weighted by Crippen LogP contribution is -2.42. The summed E-state index contributed by atoms with van der Waals surface area (Å²) >= 11 is -0.0994. The van der Waals surface area contributed by atoms with Crippen LogP contribution in [0.2, 0.25) is 0 Å². The molecule has 3 fully saturated rings. The minimum Gasteiger partial charge on any atom is -0.382 e. The molecule has 2 atom stereocenters. The van der Waals surface area contributed by atoms with Crippen LogP contribution >= 0.6 is 11.8 Å². The molecule has 1 amide bonds. The smallest absolute Gasteiger partial charge is 0.382 e. The summed E-state index contributed by atoms with van der Waals surface area (Å²) < 4.78 is 37.6. The van der Waals surface area contributed by atoms with Gasteiger partial charge < -0.3 is 20.0 Å². The Labute approximate surface area is 254 Å². The molecule has 2 aromatic rings. The summed E-state index contributed by atoms with van der Waals surface area (Å²) in [5.41, 5.74) is -0.573. The number of carbonyl (C=O) groups excluding carboxylic acids is 1. The number of anilines is 2. The second-order valence-corrected chi connectivity index (χ2v) is 14.1. The van der Waals surface area contributed by atoms with Gasteiger partial charge >= 0.3 is 5.51 Å². The monoisotopic (exact) mass is 604 g/mol. The third-order valence-corrected chi connectivity index (χ3v) is 9.57. The fourth-order valence-electron chi connectivity index (χ4n) is 6.53. The number of alkyl halides is 3. The molecule has 3 aliphatic rings. The quantitative estimate of drug-likeness (QED) is 0.316. The third kappa shape index (κ3) is 8.59. The number of likely N-dealkylation sites (tertiary alicyclic amines) is 2. The van der Waals surface area contributed by atoms with Gasteiger partial charge in [-0.05, 0) is 96.8 Å². The SMILES string of the molecule is C.CC(C)(C)c1ccc(N2CC3CN(CCCC(=O)N4CCC(Nc5ccc(SC(F)(F)F)cc5)CC4)CC3C2)cc1. The number of nitrogens with zero attached hydrogens (tertiary/aromatic N) is 3. The van der Waals surface area contributed by atoms with Gasteiger partial charge in [-0.2, -0.15) is 13.2 Å². The molecule has 0 bridgehead atoms. The highest BCUT2D eigenvalue weighted by atomic mass is 32.2. The van der Waals surface area contributed by atoms with Gasteiger partial charge in [0.25, 0.3) is 0 Å². The molecule has 0 aromatic heterocycles. The predicted octanol–water partition coefficient (Wildman–Crippen LogP) is 7.48. The highest BCUT2D eigenvalue weighted by Gasteiger charge is 2.40. The normalized spacial score (nSPS) is 21.8. The summed E-state index contributed by atoms with van der Waals surface area (Å²) in [6.45, 7) is 13.7. The number of nitrogens with one attached hydrogen (secondary N) is 1. The van der Waals surface area contributed by atoms with Crippen molar-refractivity contribution >= 4 is 29.0 Å². The van der Waals surface area contributed by atoms with Gasteiger partial charge in [-0.15, -0.1) is 0 Å². The fourth-order valence-corrected chi connectivity index (χ4v) is 7.07. The van der Waals surface area contributed by atoms with Gasteiger partial charge in [0, 0.05) is 68.0 Å². The maximum atomic E-state index is 12.9. The molecule has 5 nitrogen and oxygen atoms in total. The second-order valence-electron chi connectivity index (χ2n) is 13.0. The molecule has 2 aromatic carbocycles. The Morgan fingerprint density at radius 2 is 1.50 bits per heavy atom. The van der Waals surface area contributed by atoms with Crippen LogP contribution in [0.1, 0.15) is 59.4 Å². The Morgan fingerprint density at radius 1 is 0.905 bits per heavy atom. The molecule has 9 heteroatoms. The van der Waals surface area contributed by atoms with Crippen LogP contribution < -0.4 is 10.2 Å². The van der Waals surface area contributed by atoms with Gasteiger partial charge in [0.05, 0.1) is 0 Å². The molecule has 0 saturated carbocycles. The molecule has 42 heavy (non-hydrogen) atoms. The summed E-state index contributed by atoms with van der Waals surface area (Å²) in [4.78, 5) is 20.1. The molecule has 3 saturated heterocycles. The second kappa shape index (κ2) is 13.5. The first kappa shape index (κ1) is 32.5. The number of piperidine rings is 1. The zero-order chi connectivity index (χ0) is 29.2. The highest BCUT2D eigenvalue weighted by Crippen LogP contribution is 2.37. The topological polar surface area (TPSA) is 38.8 Å². The van der Waals surface area contributed by atoms with E-state index in [9.17, 15) is 18.0 Å². The predicted molar refractivity (Wildman–Crippen MR) is 168 cm³/mol. The van der Waals surface area contributed by atoms with Gasteiger partial charge in [-0.25, -0.2) is 0 Å². The number of rotatable bonds is 8. The number of thioether (sulfide) groups is 1. The summed E-state index contributed by atoms with van der Waals surface area (Å²) in [5, 5.41) is 3.41. The van der Waals surface area contributed by atoms with E-state index in [0.717, 1.165) is 70.8 Å². The average molecular weight is 605 g/mol. The number of hydrogen-bond donors (Lipinski definition) is 1. The molecule has 0 aliphatic carbocycles. The van der Waals surface area contributed by atoms with Crippen molar-refractivity contribution in [3.8, 4) is 0 Å². The maximum absolute atomic E-state index is 12.9. The Morgan fingerprint density at radius 3 is 2.05 bits per heavy atom. The van der Waals surface area contributed by atoms with E-state index in [0.29, 0.717) is 18.3 Å². The Bertz CT molecular complexity index is 1140. The van der Waals surface area contributed by atoms with Gasteiger partial charge in [-0.1, -0.05) is 40.3 Å². The molecular formula is C33H47F3N4OS. The molecular weight excluding hydrogens is 557 g/mol. The standard InChI is InChI=1S/C32H43F3N4OS.CH4/c1-31(2,3)25-6-10-28(11-7-25)39-21-23-19-37(20-24(23)22-39)16-4-5-30(40)38-17-14-27(15-18-38)36-26-8-12-29(13-9-26)41-32(33,34)35;/h6-13,23-24,27,36H,4-5,14-22H2,1-3H3;1H4. The van der Waals surface area contributed by atoms with Crippen LogP contribution in [0.25, 0.3) is 0 Å².